The number of benzene rings is 3. The van der Waals surface area contributed by atoms with Crippen molar-refractivity contribution >= 4 is 22.6 Å². The number of aromatic nitrogens is 2. The molecule has 0 aliphatic heterocycles. The molecule has 0 atom stereocenters. The number of nitrogens with one attached hydrogen (secondary N) is 1. The Hall–Kier alpha value is -2.78. The largest absolute Gasteiger partial charge is 0.487 e. The second-order valence-electron chi connectivity index (χ2n) is 7.99. The number of nitrogens with zero attached hydrogens (tertiary/aromatic N) is 1. The van der Waals surface area contributed by atoms with E-state index in [1.54, 1.807) is 0 Å². The van der Waals surface area contributed by atoms with Crippen molar-refractivity contribution in [2.75, 3.05) is 0 Å². The molecule has 0 saturated carbocycles. The van der Waals surface area contributed by atoms with Gasteiger partial charge in [0, 0.05) is 5.56 Å². The number of H-pyrrole nitrogens is 1. The Morgan fingerprint density at radius 3 is 2.50 bits per heavy atom. The molecule has 0 fully saturated rings. The molecule has 1 heterocycles. The van der Waals surface area contributed by atoms with Crippen LogP contribution in [0.3, 0.4) is 0 Å². The Bertz CT molecular complexity index is 1110. The summed E-state index contributed by atoms with van der Waals surface area (Å²) in [6.07, 6.45) is 0. The molecule has 28 heavy (non-hydrogen) atoms. The van der Waals surface area contributed by atoms with Crippen LogP contribution in [0.25, 0.3) is 22.4 Å². The van der Waals surface area contributed by atoms with Crippen LogP contribution in [0.1, 0.15) is 31.9 Å². The van der Waals surface area contributed by atoms with E-state index in [-0.39, 0.29) is 5.41 Å². The van der Waals surface area contributed by atoms with E-state index in [0.717, 1.165) is 28.0 Å². The van der Waals surface area contributed by atoms with Crippen LogP contribution < -0.4 is 4.74 Å². The fraction of sp³-hybridized carbons (Fsp3) is 0.208. The summed E-state index contributed by atoms with van der Waals surface area (Å²) in [5.74, 6) is 1.46. The summed E-state index contributed by atoms with van der Waals surface area (Å²) in [6.45, 7) is 7.10. The van der Waals surface area contributed by atoms with Crippen LogP contribution in [-0.4, -0.2) is 9.97 Å². The van der Waals surface area contributed by atoms with Gasteiger partial charge in [-0.25, -0.2) is 4.98 Å². The molecule has 1 N–H and O–H groups in total. The van der Waals surface area contributed by atoms with Crippen molar-refractivity contribution in [1.29, 1.82) is 0 Å². The minimum atomic E-state index is 0.0954. The summed E-state index contributed by atoms with van der Waals surface area (Å²) in [4.78, 5) is 8.18. The highest BCUT2D eigenvalue weighted by molar-refractivity contribution is 6.32. The molecule has 0 aliphatic carbocycles. The molecule has 4 rings (SSSR count). The number of ether oxygens (including phenoxy) is 1. The highest BCUT2D eigenvalue weighted by atomic mass is 35.5. The van der Waals surface area contributed by atoms with Gasteiger partial charge in [-0.15, -0.1) is 0 Å². The lowest BCUT2D eigenvalue weighted by atomic mass is 9.87. The van der Waals surface area contributed by atoms with Gasteiger partial charge in [-0.1, -0.05) is 68.8 Å². The molecule has 4 aromatic rings. The maximum Gasteiger partial charge on any atom is 0.139 e. The number of hydrogen-bond acceptors (Lipinski definition) is 2. The van der Waals surface area contributed by atoms with Gasteiger partial charge in [0.2, 0.25) is 0 Å². The minimum Gasteiger partial charge on any atom is -0.487 e. The van der Waals surface area contributed by atoms with E-state index in [2.05, 4.69) is 44.0 Å². The monoisotopic (exact) mass is 390 g/mol. The Labute approximate surface area is 170 Å². The second kappa shape index (κ2) is 7.33. The number of fused-ring (bicyclic) bond motifs is 1. The van der Waals surface area contributed by atoms with E-state index in [4.69, 9.17) is 21.3 Å². The van der Waals surface area contributed by atoms with E-state index in [1.807, 2.05) is 48.5 Å². The summed E-state index contributed by atoms with van der Waals surface area (Å²) in [5.41, 5.74) is 5.40. The van der Waals surface area contributed by atoms with Crippen LogP contribution in [0.2, 0.25) is 5.02 Å². The third kappa shape index (κ3) is 3.90. The first-order chi connectivity index (χ1) is 13.4. The Morgan fingerprint density at radius 1 is 0.964 bits per heavy atom. The molecule has 3 aromatic carbocycles. The quantitative estimate of drug-likeness (QED) is 0.418. The predicted molar refractivity (Wildman–Crippen MR) is 116 cm³/mol. The highest BCUT2D eigenvalue weighted by Gasteiger charge is 2.15. The Balaban J connectivity index is 1.63. The van der Waals surface area contributed by atoms with Gasteiger partial charge < -0.3 is 9.72 Å². The van der Waals surface area contributed by atoms with Crippen molar-refractivity contribution in [3.63, 3.8) is 0 Å². The van der Waals surface area contributed by atoms with Crippen molar-refractivity contribution in [2.45, 2.75) is 32.8 Å². The lowest BCUT2D eigenvalue weighted by Gasteiger charge is -2.18. The molecule has 0 radical (unpaired) electrons. The van der Waals surface area contributed by atoms with E-state index < -0.39 is 0 Å². The van der Waals surface area contributed by atoms with E-state index in [9.17, 15) is 0 Å². The van der Waals surface area contributed by atoms with E-state index >= 15 is 0 Å². The van der Waals surface area contributed by atoms with Crippen LogP contribution in [0.4, 0.5) is 0 Å². The van der Waals surface area contributed by atoms with Gasteiger partial charge in [-0.3, -0.25) is 0 Å². The fourth-order valence-electron chi connectivity index (χ4n) is 3.11. The average Bonchev–Trinajstić information content (AvgIpc) is 3.11. The first kappa shape index (κ1) is 18.6. The van der Waals surface area contributed by atoms with Crippen LogP contribution in [0.15, 0.2) is 66.7 Å². The molecular weight excluding hydrogens is 368 g/mol. The smallest absolute Gasteiger partial charge is 0.139 e. The molecule has 0 unspecified atom stereocenters. The van der Waals surface area contributed by atoms with Gasteiger partial charge in [0.25, 0.3) is 0 Å². The lowest BCUT2D eigenvalue weighted by Crippen LogP contribution is -2.10. The zero-order valence-corrected chi connectivity index (χ0v) is 17.0. The number of hydrogen-bond donors (Lipinski definition) is 1. The van der Waals surface area contributed by atoms with E-state index in [1.165, 1.54) is 5.56 Å². The molecule has 4 heteroatoms. The Morgan fingerprint density at radius 2 is 1.75 bits per heavy atom. The lowest BCUT2D eigenvalue weighted by molar-refractivity contribution is 0.306. The molecule has 142 valence electrons. The van der Waals surface area contributed by atoms with Gasteiger partial charge in [-0.05, 0) is 46.9 Å². The van der Waals surface area contributed by atoms with Crippen molar-refractivity contribution in [3.05, 3.63) is 82.9 Å². The molecule has 0 saturated heterocycles. The van der Waals surface area contributed by atoms with Gasteiger partial charge >= 0.3 is 0 Å². The van der Waals surface area contributed by atoms with Gasteiger partial charge in [-0.2, -0.15) is 0 Å². The summed E-state index contributed by atoms with van der Waals surface area (Å²) in [5, 5.41) is 0.589. The van der Waals surface area contributed by atoms with Crippen LogP contribution >= 0.6 is 11.6 Å². The number of halogens is 1. The maximum atomic E-state index is 6.34. The molecule has 0 amide bonds. The van der Waals surface area contributed by atoms with Crippen molar-refractivity contribution in [2.24, 2.45) is 0 Å². The third-order valence-corrected chi connectivity index (χ3v) is 5.10. The second-order valence-corrected chi connectivity index (χ2v) is 8.39. The molecular formula is C24H23ClN2O. The van der Waals surface area contributed by atoms with Gasteiger partial charge in [0.05, 0.1) is 16.1 Å². The molecule has 0 aliphatic rings. The normalized spacial score (nSPS) is 11.7. The number of imidazole rings is 1. The zero-order valence-electron chi connectivity index (χ0n) is 16.3. The van der Waals surface area contributed by atoms with Crippen LogP contribution in [0.5, 0.6) is 5.75 Å². The topological polar surface area (TPSA) is 37.9 Å². The summed E-state index contributed by atoms with van der Waals surface area (Å²) < 4.78 is 5.95. The predicted octanol–water partition coefficient (Wildman–Crippen LogP) is 6.76. The summed E-state index contributed by atoms with van der Waals surface area (Å²) in [7, 11) is 0. The van der Waals surface area contributed by atoms with Crippen LogP contribution in [0, 0.1) is 0 Å². The van der Waals surface area contributed by atoms with Gasteiger partial charge in [0.1, 0.15) is 18.2 Å². The summed E-state index contributed by atoms with van der Waals surface area (Å²) in [6, 6.07) is 22.2. The molecule has 1 aromatic heterocycles. The minimum absolute atomic E-state index is 0.0954. The summed E-state index contributed by atoms with van der Waals surface area (Å²) >= 11 is 6.34. The third-order valence-electron chi connectivity index (χ3n) is 4.79. The van der Waals surface area contributed by atoms with Gasteiger partial charge in [0.15, 0.2) is 0 Å². The molecule has 3 nitrogen and oxygen atoms in total. The first-order valence-electron chi connectivity index (χ1n) is 9.37. The SMILES string of the molecule is CC(C)(C)c1ccc2nc(-c3ccc(Cl)c(OCc4ccccc4)c3)[nH]c2c1. The van der Waals surface area contributed by atoms with Crippen molar-refractivity contribution in [1.82, 2.24) is 9.97 Å². The van der Waals surface area contributed by atoms with Crippen molar-refractivity contribution in [3.8, 4) is 17.1 Å². The molecule has 0 spiro atoms. The highest BCUT2D eigenvalue weighted by Crippen LogP contribution is 2.32. The number of aromatic amines is 1. The number of rotatable bonds is 4. The fourth-order valence-corrected chi connectivity index (χ4v) is 3.28. The zero-order chi connectivity index (χ0) is 19.7. The van der Waals surface area contributed by atoms with Crippen molar-refractivity contribution < 1.29 is 4.74 Å². The maximum absolute atomic E-state index is 6.34. The Kier molecular flexibility index (Phi) is 4.86. The standard InChI is InChI=1S/C24H23ClN2O/c1-24(2,3)18-10-12-20-21(14-18)27-23(26-20)17-9-11-19(25)22(13-17)28-15-16-7-5-4-6-8-16/h4-14H,15H2,1-3H3,(H,26,27). The molecule has 0 bridgehead atoms. The van der Waals surface area contributed by atoms with E-state index in [0.29, 0.717) is 17.4 Å². The first-order valence-corrected chi connectivity index (χ1v) is 9.75. The average molecular weight is 391 g/mol. The van der Waals surface area contributed by atoms with Crippen LogP contribution in [-0.2, 0) is 12.0 Å².